The quantitative estimate of drug-likeness (QED) is 0.563. The first-order chi connectivity index (χ1) is 15.5. The van der Waals surface area contributed by atoms with Gasteiger partial charge in [-0.05, 0) is 63.8 Å². The fraction of sp³-hybridized carbons (Fsp3) is 0.458. The normalized spacial score (nSPS) is 17.3. The van der Waals surface area contributed by atoms with Crippen molar-refractivity contribution in [3.05, 3.63) is 52.8 Å². The summed E-state index contributed by atoms with van der Waals surface area (Å²) in [6.45, 7) is 8.89. The number of anilines is 2. The minimum Gasteiger partial charge on any atom is -0.370 e. The molecule has 0 spiro atoms. The monoisotopic (exact) mass is 458 g/mol. The van der Waals surface area contributed by atoms with E-state index in [9.17, 15) is 13.2 Å². The Bertz CT molecular complexity index is 1160. The van der Waals surface area contributed by atoms with Gasteiger partial charge < -0.3 is 16.0 Å². The minimum absolute atomic E-state index is 0.159. The molecule has 9 heteroatoms. The van der Waals surface area contributed by atoms with Crippen LogP contribution < -0.4 is 16.0 Å². The summed E-state index contributed by atoms with van der Waals surface area (Å²) in [4.78, 5) is 6.88. The Morgan fingerprint density at radius 2 is 1.85 bits per heavy atom. The summed E-state index contributed by atoms with van der Waals surface area (Å²) in [5.74, 6) is 0.495. The van der Waals surface area contributed by atoms with Crippen molar-refractivity contribution in [2.24, 2.45) is 5.73 Å². The lowest BCUT2D eigenvalue weighted by atomic mass is 9.91. The summed E-state index contributed by atoms with van der Waals surface area (Å²) in [5.41, 5.74) is 8.62. The van der Waals surface area contributed by atoms with Gasteiger partial charge in [-0.25, -0.2) is 0 Å². The van der Waals surface area contributed by atoms with E-state index < -0.39 is 17.8 Å². The molecule has 0 bridgehead atoms. The number of rotatable bonds is 4. The van der Waals surface area contributed by atoms with Gasteiger partial charge in [-0.2, -0.15) is 18.3 Å². The highest BCUT2D eigenvalue weighted by molar-refractivity contribution is 5.92. The first-order valence-corrected chi connectivity index (χ1v) is 11.1. The van der Waals surface area contributed by atoms with Crippen LogP contribution in [0.1, 0.15) is 55.1 Å². The highest BCUT2D eigenvalue weighted by Gasteiger charge is 2.33. The second-order valence-corrected chi connectivity index (χ2v) is 9.25. The number of alkyl halides is 3. The van der Waals surface area contributed by atoms with E-state index in [4.69, 9.17) is 5.73 Å². The lowest BCUT2D eigenvalue weighted by Crippen LogP contribution is -2.48. The molecule has 2 aromatic heterocycles. The van der Waals surface area contributed by atoms with Crippen molar-refractivity contribution in [2.45, 2.75) is 58.3 Å². The topological polar surface area (TPSA) is 80.0 Å². The first-order valence-electron chi connectivity index (χ1n) is 11.1. The predicted molar refractivity (Wildman–Crippen MR) is 124 cm³/mol. The van der Waals surface area contributed by atoms with Gasteiger partial charge in [0.05, 0.1) is 34.7 Å². The number of hydrogen-bond donors (Lipinski definition) is 2. The molecule has 3 heterocycles. The van der Waals surface area contributed by atoms with Gasteiger partial charge in [0, 0.05) is 24.0 Å². The summed E-state index contributed by atoms with van der Waals surface area (Å²) in [5, 5.41) is 12.6. The first kappa shape index (κ1) is 23.2. The molecular formula is C24H29F3N6. The molecule has 1 aromatic carbocycles. The van der Waals surface area contributed by atoms with Crippen LogP contribution in [0.3, 0.4) is 0 Å². The van der Waals surface area contributed by atoms with Crippen molar-refractivity contribution in [2.75, 3.05) is 23.3 Å². The fourth-order valence-electron chi connectivity index (χ4n) is 4.42. The Hall–Kier alpha value is -2.94. The van der Waals surface area contributed by atoms with Gasteiger partial charge in [-0.3, -0.25) is 4.98 Å². The zero-order valence-electron chi connectivity index (χ0n) is 19.3. The molecule has 3 N–H and O–H groups in total. The van der Waals surface area contributed by atoms with Crippen LogP contribution in [0.25, 0.3) is 10.9 Å². The molecule has 4 rings (SSSR count). The molecule has 0 unspecified atom stereocenters. The lowest BCUT2D eigenvalue weighted by molar-refractivity contribution is -0.138. The average Bonchev–Trinajstić information content (AvgIpc) is 2.75. The Labute approximate surface area is 191 Å². The van der Waals surface area contributed by atoms with Crippen molar-refractivity contribution in [1.82, 2.24) is 15.2 Å². The van der Waals surface area contributed by atoms with Gasteiger partial charge in [0.2, 0.25) is 0 Å². The molecule has 0 aliphatic carbocycles. The Morgan fingerprint density at radius 3 is 2.52 bits per heavy atom. The molecule has 0 amide bonds. The molecule has 0 saturated carbocycles. The zero-order chi connectivity index (χ0) is 24.0. The molecule has 1 aliphatic heterocycles. The van der Waals surface area contributed by atoms with Gasteiger partial charge in [-0.15, -0.1) is 5.10 Å². The molecule has 1 atom stereocenters. The molecule has 6 nitrogen and oxygen atoms in total. The van der Waals surface area contributed by atoms with E-state index in [1.165, 1.54) is 13.0 Å². The molecule has 3 aromatic rings. The highest BCUT2D eigenvalue weighted by atomic mass is 19.4. The number of piperidine rings is 1. The van der Waals surface area contributed by atoms with Crippen LogP contribution >= 0.6 is 0 Å². The van der Waals surface area contributed by atoms with E-state index in [2.05, 4.69) is 32.3 Å². The van der Waals surface area contributed by atoms with Crippen molar-refractivity contribution in [3.8, 4) is 0 Å². The second-order valence-electron chi connectivity index (χ2n) is 9.25. The third kappa shape index (κ3) is 4.73. The van der Waals surface area contributed by atoms with Crippen LogP contribution in [-0.4, -0.2) is 33.8 Å². The summed E-state index contributed by atoms with van der Waals surface area (Å²) >= 11 is 0. The van der Waals surface area contributed by atoms with E-state index in [1.807, 2.05) is 26.1 Å². The van der Waals surface area contributed by atoms with E-state index in [-0.39, 0.29) is 11.1 Å². The fourth-order valence-corrected chi connectivity index (χ4v) is 4.42. The molecular weight excluding hydrogens is 429 g/mol. The van der Waals surface area contributed by atoms with E-state index >= 15 is 0 Å². The maximum absolute atomic E-state index is 13.4. The molecule has 1 fully saturated rings. The third-order valence-corrected chi connectivity index (χ3v) is 6.54. The summed E-state index contributed by atoms with van der Waals surface area (Å²) in [6, 6.07) is 5.85. The van der Waals surface area contributed by atoms with Crippen molar-refractivity contribution >= 4 is 22.4 Å². The van der Waals surface area contributed by atoms with Crippen LogP contribution in [0.2, 0.25) is 0 Å². The van der Waals surface area contributed by atoms with Gasteiger partial charge in [0.1, 0.15) is 0 Å². The number of pyridine rings is 1. The molecule has 33 heavy (non-hydrogen) atoms. The standard InChI is InChI=1S/C24H29F3N6/c1-14-18(6-5-7-20(14)24(25,26)27)15(2)30-22-19-12-17(13-29-21(19)16(3)31-32-22)33-10-8-23(4,28)9-11-33/h5-7,12-13,15H,8-11,28H2,1-4H3,(H,30,32)/t15-/m1/s1. The predicted octanol–water partition coefficient (Wildman–Crippen LogP) is 5.15. The number of aromatic nitrogens is 3. The maximum atomic E-state index is 13.4. The van der Waals surface area contributed by atoms with Crippen molar-refractivity contribution < 1.29 is 13.2 Å². The van der Waals surface area contributed by atoms with E-state index in [0.717, 1.165) is 43.1 Å². The number of fused-ring (bicyclic) bond motifs is 1. The summed E-state index contributed by atoms with van der Waals surface area (Å²) in [6.07, 6.45) is -0.797. The number of benzene rings is 1. The number of nitrogens with zero attached hydrogens (tertiary/aromatic N) is 4. The number of nitrogens with one attached hydrogen (secondary N) is 1. The number of hydrogen-bond acceptors (Lipinski definition) is 6. The van der Waals surface area contributed by atoms with Crippen molar-refractivity contribution in [1.29, 1.82) is 0 Å². The largest absolute Gasteiger partial charge is 0.416 e. The highest BCUT2D eigenvalue weighted by Crippen LogP contribution is 2.36. The molecule has 176 valence electrons. The maximum Gasteiger partial charge on any atom is 0.416 e. The van der Waals surface area contributed by atoms with Crippen LogP contribution in [0.15, 0.2) is 30.5 Å². The molecule has 0 radical (unpaired) electrons. The third-order valence-electron chi connectivity index (χ3n) is 6.54. The Morgan fingerprint density at radius 1 is 1.15 bits per heavy atom. The van der Waals surface area contributed by atoms with Crippen molar-refractivity contribution in [3.63, 3.8) is 0 Å². The molecule has 1 saturated heterocycles. The SMILES string of the molecule is Cc1c([C@@H](C)Nc2nnc(C)c3ncc(N4CCC(C)(N)CC4)cc23)cccc1C(F)(F)F. The van der Waals surface area contributed by atoms with Crippen LogP contribution in [-0.2, 0) is 6.18 Å². The van der Waals surface area contributed by atoms with Crippen LogP contribution in [0.4, 0.5) is 24.7 Å². The minimum atomic E-state index is -4.40. The van der Waals surface area contributed by atoms with Gasteiger partial charge in [0.15, 0.2) is 5.82 Å². The Balaban J connectivity index is 1.68. The lowest BCUT2D eigenvalue weighted by Gasteiger charge is -2.38. The zero-order valence-corrected chi connectivity index (χ0v) is 19.3. The number of halogens is 3. The van der Waals surface area contributed by atoms with Crippen LogP contribution in [0.5, 0.6) is 0 Å². The van der Waals surface area contributed by atoms with Gasteiger partial charge >= 0.3 is 6.18 Å². The second kappa shape index (κ2) is 8.44. The number of aryl methyl sites for hydroxylation is 1. The smallest absolute Gasteiger partial charge is 0.370 e. The van der Waals surface area contributed by atoms with Gasteiger partial charge in [0.25, 0.3) is 0 Å². The van der Waals surface area contributed by atoms with Gasteiger partial charge in [-0.1, -0.05) is 12.1 Å². The van der Waals surface area contributed by atoms with E-state index in [0.29, 0.717) is 22.6 Å². The van der Waals surface area contributed by atoms with E-state index in [1.54, 1.807) is 6.07 Å². The average molecular weight is 459 g/mol. The summed E-state index contributed by atoms with van der Waals surface area (Å²) < 4.78 is 40.1. The Kier molecular flexibility index (Phi) is 5.94. The molecule has 1 aliphatic rings. The summed E-state index contributed by atoms with van der Waals surface area (Å²) in [7, 11) is 0. The van der Waals surface area contributed by atoms with Crippen LogP contribution in [0, 0.1) is 13.8 Å². The number of nitrogens with two attached hydrogens (primary N) is 1.